The summed E-state index contributed by atoms with van der Waals surface area (Å²) < 4.78 is 5.70. The molecule has 0 radical (unpaired) electrons. The fraction of sp³-hybridized carbons (Fsp3) is 0.294. The van der Waals surface area contributed by atoms with Gasteiger partial charge in [-0.3, -0.25) is 4.90 Å². The standard InChI is InChI=1S/C17H18ClNO5/c1-2-13-14(16(20)21)9-19(17(22)23)10-15(13)24-7-6-11-4-3-5-12(18)8-11/h3-5,8-10,13H,2,6-7H2,1H3,(H,20,21)(H,22,23). The molecule has 0 saturated carbocycles. The summed E-state index contributed by atoms with van der Waals surface area (Å²) in [6.07, 6.45) is 2.24. The van der Waals surface area contributed by atoms with Gasteiger partial charge in [-0.15, -0.1) is 0 Å². The van der Waals surface area contributed by atoms with Crippen LogP contribution in [0.15, 0.2) is 48.0 Å². The number of rotatable bonds is 6. The summed E-state index contributed by atoms with van der Waals surface area (Å²) in [5.41, 5.74) is 0.983. The Labute approximate surface area is 144 Å². The van der Waals surface area contributed by atoms with Crippen molar-refractivity contribution in [2.75, 3.05) is 6.61 Å². The van der Waals surface area contributed by atoms with Crippen molar-refractivity contribution < 1.29 is 24.5 Å². The molecule has 128 valence electrons. The molecule has 1 aromatic carbocycles. The molecule has 0 saturated heterocycles. The van der Waals surface area contributed by atoms with E-state index in [9.17, 15) is 14.7 Å². The molecule has 0 fully saturated rings. The lowest BCUT2D eigenvalue weighted by molar-refractivity contribution is -0.133. The largest absolute Gasteiger partial charge is 0.495 e. The first-order chi connectivity index (χ1) is 11.4. The summed E-state index contributed by atoms with van der Waals surface area (Å²) >= 11 is 5.93. The van der Waals surface area contributed by atoms with E-state index in [0.717, 1.165) is 16.7 Å². The predicted molar refractivity (Wildman–Crippen MR) is 88.6 cm³/mol. The molecule has 0 aliphatic carbocycles. The first kappa shape index (κ1) is 17.9. The van der Waals surface area contributed by atoms with Crippen LogP contribution in [0.1, 0.15) is 18.9 Å². The van der Waals surface area contributed by atoms with Gasteiger partial charge in [0.25, 0.3) is 0 Å². The van der Waals surface area contributed by atoms with E-state index in [-0.39, 0.29) is 5.57 Å². The average molecular weight is 352 g/mol. The SMILES string of the molecule is CCC1C(OCCc2cccc(Cl)c2)=CN(C(=O)O)C=C1C(=O)O. The first-order valence-corrected chi connectivity index (χ1v) is 7.85. The van der Waals surface area contributed by atoms with E-state index in [2.05, 4.69) is 0 Å². The van der Waals surface area contributed by atoms with Crippen LogP contribution in [0.2, 0.25) is 5.02 Å². The van der Waals surface area contributed by atoms with E-state index < -0.39 is 18.0 Å². The minimum Gasteiger partial charge on any atom is -0.495 e. The summed E-state index contributed by atoms with van der Waals surface area (Å²) in [5, 5.41) is 19.1. The van der Waals surface area contributed by atoms with Gasteiger partial charge in [-0.25, -0.2) is 9.59 Å². The molecular formula is C17H18ClNO5. The number of benzene rings is 1. The number of aliphatic carboxylic acids is 1. The molecule has 7 heteroatoms. The Kier molecular flexibility index (Phi) is 5.87. The number of allylic oxidation sites excluding steroid dienone is 1. The highest BCUT2D eigenvalue weighted by Gasteiger charge is 2.30. The summed E-state index contributed by atoms with van der Waals surface area (Å²) in [7, 11) is 0. The van der Waals surface area contributed by atoms with E-state index in [1.54, 1.807) is 6.07 Å². The Balaban J connectivity index is 2.11. The van der Waals surface area contributed by atoms with Gasteiger partial charge in [0.1, 0.15) is 5.76 Å². The molecule has 24 heavy (non-hydrogen) atoms. The molecule has 0 bridgehead atoms. The van der Waals surface area contributed by atoms with E-state index in [4.69, 9.17) is 21.4 Å². The number of hydrogen-bond donors (Lipinski definition) is 2. The number of nitrogens with zero attached hydrogens (tertiary/aromatic N) is 1. The number of halogens is 1. The van der Waals surface area contributed by atoms with E-state index in [1.807, 2.05) is 25.1 Å². The van der Waals surface area contributed by atoms with Gasteiger partial charge < -0.3 is 14.9 Å². The average Bonchev–Trinajstić information content (AvgIpc) is 2.54. The lowest BCUT2D eigenvalue weighted by Gasteiger charge is -2.27. The molecule has 0 aromatic heterocycles. The zero-order valence-electron chi connectivity index (χ0n) is 13.1. The molecule has 2 N–H and O–H groups in total. The maximum atomic E-state index is 11.4. The molecule has 1 atom stereocenters. The molecule has 6 nitrogen and oxygen atoms in total. The second-order valence-corrected chi connectivity index (χ2v) is 5.74. The predicted octanol–water partition coefficient (Wildman–Crippen LogP) is 3.73. The smallest absolute Gasteiger partial charge is 0.415 e. The van der Waals surface area contributed by atoms with Gasteiger partial charge in [0.2, 0.25) is 0 Å². The minimum atomic E-state index is -1.26. The number of amides is 1. The summed E-state index contributed by atoms with van der Waals surface area (Å²) in [4.78, 5) is 23.4. The van der Waals surface area contributed by atoms with Gasteiger partial charge in [-0.1, -0.05) is 30.7 Å². The number of hydrogen-bond acceptors (Lipinski definition) is 3. The van der Waals surface area contributed by atoms with E-state index in [0.29, 0.717) is 30.2 Å². The molecule has 2 rings (SSSR count). The van der Waals surface area contributed by atoms with Crippen molar-refractivity contribution in [2.24, 2.45) is 5.92 Å². The van der Waals surface area contributed by atoms with Gasteiger partial charge in [0.05, 0.1) is 24.3 Å². The maximum absolute atomic E-state index is 11.4. The molecule has 1 aromatic rings. The third-order valence-electron chi connectivity index (χ3n) is 3.69. The highest BCUT2D eigenvalue weighted by atomic mass is 35.5. The second kappa shape index (κ2) is 7.88. The number of ether oxygens (including phenoxy) is 1. The van der Waals surface area contributed by atoms with E-state index in [1.165, 1.54) is 6.20 Å². The van der Waals surface area contributed by atoms with Crippen LogP contribution in [0.5, 0.6) is 0 Å². The van der Waals surface area contributed by atoms with Crippen LogP contribution < -0.4 is 0 Å². The number of carboxylic acid groups (broad SMARTS) is 2. The third-order valence-corrected chi connectivity index (χ3v) is 3.92. The van der Waals surface area contributed by atoms with Crippen molar-refractivity contribution in [3.05, 3.63) is 58.6 Å². The van der Waals surface area contributed by atoms with Crippen LogP contribution in [0.4, 0.5) is 4.79 Å². The molecule has 0 spiro atoms. The van der Waals surface area contributed by atoms with Crippen molar-refractivity contribution in [1.29, 1.82) is 0 Å². The van der Waals surface area contributed by atoms with Crippen molar-refractivity contribution >= 4 is 23.7 Å². The normalized spacial score (nSPS) is 17.1. The number of carboxylic acids is 1. The topological polar surface area (TPSA) is 87.1 Å². The van der Waals surface area contributed by atoms with E-state index >= 15 is 0 Å². The van der Waals surface area contributed by atoms with Crippen molar-refractivity contribution in [3.8, 4) is 0 Å². The molecule has 1 unspecified atom stereocenters. The minimum absolute atomic E-state index is 0.000144. The molecular weight excluding hydrogens is 334 g/mol. The van der Waals surface area contributed by atoms with Crippen LogP contribution in [0, 0.1) is 5.92 Å². The number of carbonyl (C=O) groups is 2. The van der Waals surface area contributed by atoms with Crippen molar-refractivity contribution in [1.82, 2.24) is 4.90 Å². The molecule has 1 aliphatic rings. The fourth-order valence-corrected chi connectivity index (χ4v) is 2.72. The molecule has 1 aliphatic heterocycles. The van der Waals surface area contributed by atoms with Gasteiger partial charge in [0, 0.05) is 17.6 Å². The molecule has 1 heterocycles. The first-order valence-electron chi connectivity index (χ1n) is 7.47. The quantitative estimate of drug-likeness (QED) is 0.815. The van der Waals surface area contributed by atoms with Gasteiger partial charge in [-0.2, -0.15) is 0 Å². The van der Waals surface area contributed by atoms with Gasteiger partial charge in [-0.05, 0) is 24.1 Å². The molecule has 1 amide bonds. The van der Waals surface area contributed by atoms with Crippen LogP contribution in [0.25, 0.3) is 0 Å². The lowest BCUT2D eigenvalue weighted by atomic mass is 9.93. The highest BCUT2D eigenvalue weighted by molar-refractivity contribution is 6.30. The lowest BCUT2D eigenvalue weighted by Crippen LogP contribution is -2.29. The van der Waals surface area contributed by atoms with Crippen LogP contribution in [0.3, 0.4) is 0 Å². The zero-order chi connectivity index (χ0) is 17.7. The summed E-state index contributed by atoms with van der Waals surface area (Å²) in [5.74, 6) is -1.29. The van der Waals surface area contributed by atoms with Crippen LogP contribution in [-0.4, -0.2) is 33.8 Å². The monoisotopic (exact) mass is 351 g/mol. The Bertz CT molecular complexity index is 698. The summed E-state index contributed by atoms with van der Waals surface area (Å²) in [6, 6.07) is 7.35. The zero-order valence-corrected chi connectivity index (χ0v) is 13.9. The van der Waals surface area contributed by atoms with Crippen LogP contribution in [-0.2, 0) is 16.0 Å². The Morgan fingerprint density at radius 3 is 2.62 bits per heavy atom. The summed E-state index contributed by atoms with van der Waals surface area (Å²) in [6.45, 7) is 2.12. The van der Waals surface area contributed by atoms with Crippen LogP contribution >= 0.6 is 11.6 Å². The van der Waals surface area contributed by atoms with Crippen molar-refractivity contribution in [3.63, 3.8) is 0 Å². The fourth-order valence-electron chi connectivity index (χ4n) is 2.51. The third kappa shape index (κ3) is 4.29. The Morgan fingerprint density at radius 1 is 1.29 bits per heavy atom. The highest BCUT2D eigenvalue weighted by Crippen LogP contribution is 2.30. The van der Waals surface area contributed by atoms with Gasteiger partial charge >= 0.3 is 12.1 Å². The van der Waals surface area contributed by atoms with Gasteiger partial charge in [0.15, 0.2) is 0 Å². The Morgan fingerprint density at radius 2 is 2.04 bits per heavy atom. The Hall–Kier alpha value is -2.47. The maximum Gasteiger partial charge on any atom is 0.415 e. The van der Waals surface area contributed by atoms with Crippen molar-refractivity contribution in [2.45, 2.75) is 19.8 Å². The second-order valence-electron chi connectivity index (χ2n) is 5.30.